The summed E-state index contributed by atoms with van der Waals surface area (Å²) in [4.78, 5) is 11.6. The van der Waals surface area contributed by atoms with E-state index >= 15 is 0 Å². The summed E-state index contributed by atoms with van der Waals surface area (Å²) in [5.41, 5.74) is 3.70. The van der Waals surface area contributed by atoms with E-state index < -0.39 is 11.6 Å². The second kappa shape index (κ2) is 5.12. The molecule has 1 fully saturated rings. The summed E-state index contributed by atoms with van der Waals surface area (Å²) in [6.07, 6.45) is 1.28. The number of rotatable bonds is 3. The molecule has 0 aromatic heterocycles. The van der Waals surface area contributed by atoms with Gasteiger partial charge in [0, 0.05) is 19.4 Å². The van der Waals surface area contributed by atoms with Gasteiger partial charge in [-0.15, -0.1) is 0 Å². The summed E-state index contributed by atoms with van der Waals surface area (Å²) in [6, 6.07) is 0. The molecule has 5 heteroatoms. The Kier molecular flexibility index (Phi) is 4.29. The zero-order chi connectivity index (χ0) is 12.3. The molecule has 3 atom stereocenters. The number of aliphatic hydroxyl groups is 1. The van der Waals surface area contributed by atoms with Crippen molar-refractivity contribution in [2.45, 2.75) is 57.5 Å². The average Bonchev–Trinajstić information content (AvgIpc) is 2.15. The van der Waals surface area contributed by atoms with Crippen LogP contribution in [0.2, 0.25) is 0 Å². The molecule has 0 aliphatic carbocycles. The Morgan fingerprint density at radius 3 is 2.44 bits per heavy atom. The Labute approximate surface area is 95.9 Å². The Hall–Kier alpha value is -0.650. The van der Waals surface area contributed by atoms with Crippen LogP contribution in [0.1, 0.15) is 33.6 Å². The minimum Gasteiger partial charge on any atom is -0.460 e. The molecule has 3 N–H and O–H groups in total. The van der Waals surface area contributed by atoms with E-state index in [-0.39, 0.29) is 24.9 Å². The maximum atomic E-state index is 11.6. The third-order valence-electron chi connectivity index (χ3n) is 2.77. The Morgan fingerprint density at radius 1 is 1.50 bits per heavy atom. The van der Waals surface area contributed by atoms with Gasteiger partial charge in [-0.25, -0.2) is 4.79 Å². The normalized spacial score (nSPS) is 34.2. The predicted octanol–water partition coefficient (Wildman–Crippen LogP) is 0.195. The minimum atomic E-state index is -1.59. The number of carbonyl (C=O) groups is 1. The van der Waals surface area contributed by atoms with Gasteiger partial charge in [0.25, 0.3) is 0 Å². The number of nitrogens with two attached hydrogens (primary N) is 1. The molecule has 0 spiro atoms. The standard InChI is InChI=1S/C11H21NO4/c1-7-4-9(5-8(2)15-7)16-10(13)11(3,14)6-12/h7-9,14H,4-6,12H2,1-3H3. The highest BCUT2D eigenvalue weighted by Gasteiger charge is 2.34. The number of hydrogen-bond acceptors (Lipinski definition) is 5. The van der Waals surface area contributed by atoms with Crippen LogP contribution in [-0.4, -0.2) is 41.5 Å². The van der Waals surface area contributed by atoms with E-state index in [0.29, 0.717) is 12.8 Å². The Balaban J connectivity index is 2.51. The molecule has 16 heavy (non-hydrogen) atoms. The summed E-state index contributed by atoms with van der Waals surface area (Å²) < 4.78 is 10.8. The van der Waals surface area contributed by atoms with Crippen molar-refractivity contribution in [2.75, 3.05) is 6.54 Å². The molecule has 0 aromatic rings. The lowest BCUT2D eigenvalue weighted by atomic mass is 10.0. The first kappa shape index (κ1) is 13.4. The molecule has 0 aromatic carbocycles. The molecule has 0 saturated carbocycles. The molecule has 1 saturated heterocycles. The average molecular weight is 231 g/mol. The van der Waals surface area contributed by atoms with Crippen LogP contribution in [0.15, 0.2) is 0 Å². The lowest BCUT2D eigenvalue weighted by Gasteiger charge is -2.33. The van der Waals surface area contributed by atoms with Gasteiger partial charge in [-0.05, 0) is 20.8 Å². The highest BCUT2D eigenvalue weighted by Crippen LogP contribution is 2.22. The van der Waals surface area contributed by atoms with Crippen LogP contribution in [0.4, 0.5) is 0 Å². The van der Waals surface area contributed by atoms with Gasteiger partial charge in [0.2, 0.25) is 0 Å². The number of ether oxygens (including phenoxy) is 2. The third-order valence-corrected chi connectivity index (χ3v) is 2.77. The van der Waals surface area contributed by atoms with Crippen molar-refractivity contribution in [3.05, 3.63) is 0 Å². The molecule has 1 aliphatic rings. The van der Waals surface area contributed by atoms with Gasteiger partial charge in [0.1, 0.15) is 6.10 Å². The summed E-state index contributed by atoms with van der Waals surface area (Å²) in [5, 5.41) is 9.62. The van der Waals surface area contributed by atoms with E-state index in [9.17, 15) is 9.90 Å². The molecule has 5 nitrogen and oxygen atoms in total. The van der Waals surface area contributed by atoms with Gasteiger partial charge in [0.05, 0.1) is 12.2 Å². The molecule has 94 valence electrons. The van der Waals surface area contributed by atoms with Crippen molar-refractivity contribution >= 4 is 5.97 Å². The Bertz CT molecular complexity index is 244. The third kappa shape index (κ3) is 3.43. The highest BCUT2D eigenvalue weighted by molar-refractivity contribution is 5.79. The number of esters is 1. The second-order valence-electron chi connectivity index (χ2n) is 4.73. The molecule has 1 aliphatic heterocycles. The largest absolute Gasteiger partial charge is 0.460 e. The summed E-state index contributed by atoms with van der Waals surface area (Å²) in [7, 11) is 0. The van der Waals surface area contributed by atoms with Crippen molar-refractivity contribution in [2.24, 2.45) is 5.73 Å². The van der Waals surface area contributed by atoms with Gasteiger partial charge in [-0.3, -0.25) is 0 Å². The first-order valence-corrected chi connectivity index (χ1v) is 5.64. The monoisotopic (exact) mass is 231 g/mol. The van der Waals surface area contributed by atoms with Crippen molar-refractivity contribution in [1.82, 2.24) is 0 Å². The second-order valence-corrected chi connectivity index (χ2v) is 4.73. The maximum Gasteiger partial charge on any atom is 0.339 e. The number of carbonyl (C=O) groups excluding carboxylic acids is 1. The van der Waals surface area contributed by atoms with E-state index in [4.69, 9.17) is 15.2 Å². The molecule has 1 rings (SSSR count). The molecule has 1 heterocycles. The van der Waals surface area contributed by atoms with Gasteiger partial charge < -0.3 is 20.3 Å². The first-order valence-electron chi connectivity index (χ1n) is 5.64. The van der Waals surface area contributed by atoms with Crippen LogP contribution in [0.3, 0.4) is 0 Å². The summed E-state index contributed by atoms with van der Waals surface area (Å²) >= 11 is 0. The summed E-state index contributed by atoms with van der Waals surface area (Å²) in [6.45, 7) is 5.11. The van der Waals surface area contributed by atoms with Crippen LogP contribution in [0.25, 0.3) is 0 Å². The van der Waals surface area contributed by atoms with E-state index in [1.165, 1.54) is 6.92 Å². The van der Waals surface area contributed by atoms with Crippen molar-refractivity contribution in [3.63, 3.8) is 0 Å². The van der Waals surface area contributed by atoms with Crippen molar-refractivity contribution in [1.29, 1.82) is 0 Å². The van der Waals surface area contributed by atoms with Crippen LogP contribution >= 0.6 is 0 Å². The molecule has 3 unspecified atom stereocenters. The minimum absolute atomic E-state index is 0.0735. The van der Waals surface area contributed by atoms with Gasteiger partial charge in [-0.1, -0.05) is 0 Å². The zero-order valence-corrected chi connectivity index (χ0v) is 10.1. The van der Waals surface area contributed by atoms with E-state index in [1.54, 1.807) is 0 Å². The fourth-order valence-corrected chi connectivity index (χ4v) is 1.80. The van der Waals surface area contributed by atoms with Crippen LogP contribution in [0.5, 0.6) is 0 Å². The predicted molar refractivity (Wildman–Crippen MR) is 58.8 cm³/mol. The van der Waals surface area contributed by atoms with Crippen LogP contribution < -0.4 is 5.73 Å². The van der Waals surface area contributed by atoms with Gasteiger partial charge in [0.15, 0.2) is 5.60 Å². The van der Waals surface area contributed by atoms with Crippen molar-refractivity contribution < 1.29 is 19.4 Å². The van der Waals surface area contributed by atoms with E-state index in [0.717, 1.165) is 0 Å². The first-order chi connectivity index (χ1) is 7.35. The lowest BCUT2D eigenvalue weighted by molar-refractivity contribution is -0.177. The van der Waals surface area contributed by atoms with Crippen LogP contribution in [0, 0.1) is 0 Å². The van der Waals surface area contributed by atoms with Crippen molar-refractivity contribution in [3.8, 4) is 0 Å². The topological polar surface area (TPSA) is 81.8 Å². The SMILES string of the molecule is CC1CC(OC(=O)C(C)(O)CN)CC(C)O1. The maximum absolute atomic E-state index is 11.6. The molecular formula is C11H21NO4. The fraction of sp³-hybridized carbons (Fsp3) is 0.909. The van der Waals surface area contributed by atoms with Gasteiger partial charge in [-0.2, -0.15) is 0 Å². The van der Waals surface area contributed by atoms with Crippen LogP contribution in [-0.2, 0) is 14.3 Å². The molecule has 0 radical (unpaired) electrons. The Morgan fingerprint density at radius 2 is 2.00 bits per heavy atom. The highest BCUT2D eigenvalue weighted by atomic mass is 16.6. The molecule has 0 amide bonds. The van der Waals surface area contributed by atoms with E-state index in [2.05, 4.69) is 0 Å². The quantitative estimate of drug-likeness (QED) is 0.678. The zero-order valence-electron chi connectivity index (χ0n) is 10.1. The number of hydrogen-bond donors (Lipinski definition) is 2. The molecule has 0 bridgehead atoms. The summed E-state index contributed by atoms with van der Waals surface area (Å²) in [5.74, 6) is -0.652. The smallest absolute Gasteiger partial charge is 0.339 e. The lowest BCUT2D eigenvalue weighted by Crippen LogP contribution is -2.46. The van der Waals surface area contributed by atoms with E-state index in [1.807, 2.05) is 13.8 Å². The van der Waals surface area contributed by atoms with Gasteiger partial charge >= 0.3 is 5.97 Å². The fourth-order valence-electron chi connectivity index (χ4n) is 1.80. The molecular weight excluding hydrogens is 210 g/mol.